The molecule has 2 rings (SSSR count). The van der Waals surface area contributed by atoms with Crippen LogP contribution < -0.4 is 10.1 Å². The number of rotatable bonds is 6. The van der Waals surface area contributed by atoms with Crippen molar-refractivity contribution in [3.63, 3.8) is 0 Å². The van der Waals surface area contributed by atoms with Crippen LogP contribution in [0, 0.1) is 0 Å². The molecular formula is C17H11BrClF2NO5. The molecule has 2 aromatic rings. The van der Waals surface area contributed by atoms with Crippen molar-refractivity contribution in [2.45, 2.75) is 6.61 Å². The summed E-state index contributed by atoms with van der Waals surface area (Å²) in [5, 5.41) is 2.15. The molecule has 27 heavy (non-hydrogen) atoms. The Morgan fingerprint density at radius 3 is 2.41 bits per heavy atom. The number of imide groups is 1. The zero-order chi connectivity index (χ0) is 20.0. The first-order valence-electron chi connectivity index (χ1n) is 7.27. The molecule has 0 saturated carbocycles. The molecule has 2 amide bonds. The summed E-state index contributed by atoms with van der Waals surface area (Å²) in [5.74, 6) is -2.63. The Bertz CT molecular complexity index is 861. The molecule has 0 bridgehead atoms. The predicted molar refractivity (Wildman–Crippen MR) is 95.0 cm³/mol. The standard InChI is InChI=1S/C17H11BrClF2NO5/c18-10-3-6-13(19)12(7-10)16(25)26-8-14(23)22-15(24)9-1-4-11(5-2-9)27-17(20)21/h1-7,17H,8H2,(H,22,23,24). The topological polar surface area (TPSA) is 81.7 Å². The molecule has 1 N–H and O–H groups in total. The summed E-state index contributed by atoms with van der Waals surface area (Å²) in [6.45, 7) is -3.69. The van der Waals surface area contributed by atoms with Gasteiger partial charge in [-0.25, -0.2) is 4.79 Å². The van der Waals surface area contributed by atoms with Gasteiger partial charge < -0.3 is 9.47 Å². The molecule has 0 atom stereocenters. The normalized spacial score (nSPS) is 10.4. The first kappa shape index (κ1) is 20.8. The molecular weight excluding hydrogens is 452 g/mol. The van der Waals surface area contributed by atoms with Crippen molar-refractivity contribution in [2.24, 2.45) is 0 Å². The number of esters is 1. The van der Waals surface area contributed by atoms with E-state index in [-0.39, 0.29) is 21.9 Å². The summed E-state index contributed by atoms with van der Waals surface area (Å²) < 4.78 is 33.7. The Kier molecular flexibility index (Phi) is 7.26. The number of alkyl halides is 2. The van der Waals surface area contributed by atoms with Crippen LogP contribution in [0.5, 0.6) is 5.75 Å². The molecule has 2 aromatic carbocycles. The third kappa shape index (κ3) is 6.30. The van der Waals surface area contributed by atoms with Crippen LogP contribution in [0.3, 0.4) is 0 Å². The third-order valence-corrected chi connectivity index (χ3v) is 3.90. The van der Waals surface area contributed by atoms with Gasteiger partial charge >= 0.3 is 12.6 Å². The van der Waals surface area contributed by atoms with E-state index in [2.05, 4.69) is 20.7 Å². The highest BCUT2D eigenvalue weighted by Gasteiger charge is 2.16. The molecule has 0 aliphatic carbocycles. The maximum atomic E-state index is 12.1. The SMILES string of the molecule is O=C(COC(=O)c1cc(Br)ccc1Cl)NC(=O)c1ccc(OC(F)F)cc1. The zero-order valence-electron chi connectivity index (χ0n) is 13.4. The van der Waals surface area contributed by atoms with Gasteiger partial charge in [-0.15, -0.1) is 0 Å². The number of hydrogen-bond donors (Lipinski definition) is 1. The fraction of sp³-hybridized carbons (Fsp3) is 0.118. The number of halogens is 4. The number of carbonyl (C=O) groups is 3. The largest absolute Gasteiger partial charge is 0.452 e. The molecule has 10 heteroatoms. The molecule has 0 heterocycles. The zero-order valence-corrected chi connectivity index (χ0v) is 15.7. The van der Waals surface area contributed by atoms with Crippen LogP contribution in [0.4, 0.5) is 8.78 Å². The lowest BCUT2D eigenvalue weighted by atomic mass is 10.2. The molecule has 0 aliphatic rings. The van der Waals surface area contributed by atoms with E-state index in [9.17, 15) is 23.2 Å². The number of benzene rings is 2. The summed E-state index contributed by atoms with van der Waals surface area (Å²) >= 11 is 9.06. The number of ether oxygens (including phenoxy) is 2. The lowest BCUT2D eigenvalue weighted by Gasteiger charge is -2.08. The maximum absolute atomic E-state index is 12.1. The lowest BCUT2D eigenvalue weighted by molar-refractivity contribution is -0.123. The van der Waals surface area contributed by atoms with Crippen LogP contribution in [0.25, 0.3) is 0 Å². The van der Waals surface area contributed by atoms with Gasteiger partial charge in [0.2, 0.25) is 0 Å². The Morgan fingerprint density at radius 2 is 1.78 bits per heavy atom. The van der Waals surface area contributed by atoms with Crippen molar-refractivity contribution >= 4 is 45.3 Å². The minimum atomic E-state index is -2.99. The quantitative estimate of drug-likeness (QED) is 0.660. The second-order valence-corrected chi connectivity index (χ2v) is 6.30. The summed E-state index contributed by atoms with van der Waals surface area (Å²) in [6, 6.07) is 9.25. The van der Waals surface area contributed by atoms with Crippen LogP contribution in [-0.2, 0) is 9.53 Å². The van der Waals surface area contributed by atoms with Gasteiger partial charge in [0, 0.05) is 10.0 Å². The molecule has 0 fully saturated rings. The molecule has 0 saturated heterocycles. The molecule has 0 unspecified atom stereocenters. The minimum absolute atomic E-state index is 0.0336. The summed E-state index contributed by atoms with van der Waals surface area (Å²) in [5.41, 5.74) is 0.0890. The molecule has 142 valence electrons. The van der Waals surface area contributed by atoms with E-state index in [0.29, 0.717) is 4.47 Å². The van der Waals surface area contributed by atoms with Gasteiger partial charge in [-0.3, -0.25) is 14.9 Å². The van der Waals surface area contributed by atoms with E-state index in [1.807, 2.05) is 5.32 Å². The smallest absolute Gasteiger partial charge is 0.387 e. The molecule has 0 aliphatic heterocycles. The van der Waals surface area contributed by atoms with Gasteiger partial charge in [-0.2, -0.15) is 8.78 Å². The van der Waals surface area contributed by atoms with Crippen molar-refractivity contribution in [1.82, 2.24) is 5.32 Å². The van der Waals surface area contributed by atoms with Gasteiger partial charge in [0.1, 0.15) is 5.75 Å². The minimum Gasteiger partial charge on any atom is -0.452 e. The first-order valence-corrected chi connectivity index (χ1v) is 8.44. The van der Waals surface area contributed by atoms with Crippen LogP contribution >= 0.6 is 27.5 Å². The van der Waals surface area contributed by atoms with Gasteiger partial charge in [-0.05, 0) is 42.5 Å². The average Bonchev–Trinajstić information content (AvgIpc) is 2.61. The lowest BCUT2D eigenvalue weighted by Crippen LogP contribution is -2.34. The van der Waals surface area contributed by atoms with E-state index in [0.717, 1.165) is 12.1 Å². The molecule has 0 radical (unpaired) electrons. The summed E-state index contributed by atoms with van der Waals surface area (Å²) in [4.78, 5) is 35.6. The van der Waals surface area contributed by atoms with Crippen LogP contribution in [-0.4, -0.2) is 31.0 Å². The van der Waals surface area contributed by atoms with Crippen molar-refractivity contribution in [3.05, 3.63) is 63.1 Å². The molecule has 0 spiro atoms. The van der Waals surface area contributed by atoms with E-state index in [4.69, 9.17) is 16.3 Å². The van der Waals surface area contributed by atoms with E-state index < -0.39 is 31.0 Å². The number of hydrogen-bond acceptors (Lipinski definition) is 5. The average molecular weight is 463 g/mol. The van der Waals surface area contributed by atoms with Crippen molar-refractivity contribution in [3.8, 4) is 5.75 Å². The fourth-order valence-electron chi connectivity index (χ4n) is 1.89. The van der Waals surface area contributed by atoms with Crippen LogP contribution in [0.1, 0.15) is 20.7 Å². The highest BCUT2D eigenvalue weighted by atomic mass is 79.9. The van der Waals surface area contributed by atoms with Crippen molar-refractivity contribution in [2.75, 3.05) is 6.61 Å². The number of nitrogens with one attached hydrogen (secondary N) is 1. The number of carbonyl (C=O) groups excluding carboxylic acids is 3. The molecule has 0 aromatic heterocycles. The van der Waals surface area contributed by atoms with Gasteiger partial charge in [0.25, 0.3) is 11.8 Å². The van der Waals surface area contributed by atoms with Crippen molar-refractivity contribution < 1.29 is 32.6 Å². The highest BCUT2D eigenvalue weighted by molar-refractivity contribution is 9.10. The van der Waals surface area contributed by atoms with Crippen LogP contribution in [0.2, 0.25) is 5.02 Å². The molecule has 6 nitrogen and oxygen atoms in total. The Labute approximate surface area is 165 Å². The van der Waals surface area contributed by atoms with Gasteiger partial charge in [0.15, 0.2) is 6.61 Å². The highest BCUT2D eigenvalue weighted by Crippen LogP contribution is 2.21. The van der Waals surface area contributed by atoms with Crippen LogP contribution in [0.15, 0.2) is 46.9 Å². The van der Waals surface area contributed by atoms with E-state index >= 15 is 0 Å². The van der Waals surface area contributed by atoms with E-state index in [1.165, 1.54) is 24.3 Å². The summed E-state index contributed by atoms with van der Waals surface area (Å²) in [7, 11) is 0. The second-order valence-electron chi connectivity index (χ2n) is 4.98. The first-order chi connectivity index (χ1) is 12.8. The third-order valence-electron chi connectivity index (χ3n) is 3.08. The Balaban J connectivity index is 1.88. The van der Waals surface area contributed by atoms with Gasteiger partial charge in [-0.1, -0.05) is 27.5 Å². The fourth-order valence-corrected chi connectivity index (χ4v) is 2.44. The Hall–Kier alpha value is -2.52. The maximum Gasteiger partial charge on any atom is 0.387 e. The van der Waals surface area contributed by atoms with E-state index in [1.54, 1.807) is 6.07 Å². The Morgan fingerprint density at radius 1 is 1.11 bits per heavy atom. The summed E-state index contributed by atoms with van der Waals surface area (Å²) in [6.07, 6.45) is 0. The predicted octanol–water partition coefficient (Wildman–Crippen LogP) is 3.82. The van der Waals surface area contributed by atoms with Gasteiger partial charge in [0.05, 0.1) is 10.6 Å². The van der Waals surface area contributed by atoms with Crippen molar-refractivity contribution in [1.29, 1.82) is 0 Å². The second kappa shape index (κ2) is 9.43. The monoisotopic (exact) mass is 461 g/mol. The number of amides is 2.